The first kappa shape index (κ1) is 11.5. The summed E-state index contributed by atoms with van der Waals surface area (Å²) in [6, 6.07) is 0. The summed E-state index contributed by atoms with van der Waals surface area (Å²) in [6.07, 6.45) is 5.67. The average molecular weight is 277 g/mol. The van der Waals surface area contributed by atoms with Crippen LogP contribution >= 0.6 is 23.6 Å². The molecule has 2 aromatic heterocycles. The summed E-state index contributed by atoms with van der Waals surface area (Å²) in [7, 11) is 0. The minimum Gasteiger partial charge on any atom is -0.388 e. The van der Waals surface area contributed by atoms with Crippen LogP contribution in [-0.4, -0.2) is 19.9 Å². The van der Waals surface area contributed by atoms with Crippen LogP contribution in [0.25, 0.3) is 0 Å². The van der Waals surface area contributed by atoms with Crippen molar-refractivity contribution in [1.29, 1.82) is 0 Å². The predicted octanol–water partition coefficient (Wildman–Crippen LogP) is 2.19. The smallest absolute Gasteiger partial charge is 0.188 e. The molecule has 1 aliphatic carbocycles. The maximum atomic E-state index is 5.46. The normalized spacial score (nSPS) is 14.4. The number of hydrogen-bond acceptors (Lipinski definition) is 6. The summed E-state index contributed by atoms with van der Waals surface area (Å²) in [5.74, 6) is 1.31. The van der Waals surface area contributed by atoms with E-state index in [9.17, 15) is 0 Å². The molecule has 0 radical (unpaired) electrons. The van der Waals surface area contributed by atoms with Gasteiger partial charge in [0.25, 0.3) is 0 Å². The molecule has 0 bridgehead atoms. The van der Waals surface area contributed by atoms with E-state index in [2.05, 4.69) is 25.6 Å². The highest BCUT2D eigenvalue weighted by Gasteiger charge is 2.26. The molecule has 0 aromatic carbocycles. The van der Waals surface area contributed by atoms with E-state index in [1.807, 2.05) is 0 Å². The van der Waals surface area contributed by atoms with Crippen LogP contribution in [0.15, 0.2) is 17.8 Å². The third-order valence-electron chi connectivity index (χ3n) is 2.66. The Bertz CT molecular complexity index is 573. The lowest BCUT2D eigenvalue weighted by Crippen LogP contribution is -2.12. The lowest BCUT2D eigenvalue weighted by molar-refractivity contribution is 1.05. The van der Waals surface area contributed by atoms with Gasteiger partial charge in [-0.25, -0.2) is 15.0 Å². The van der Waals surface area contributed by atoms with Crippen LogP contribution in [0.4, 0.5) is 10.9 Å². The van der Waals surface area contributed by atoms with E-state index in [4.69, 9.17) is 18.0 Å². The lowest BCUT2D eigenvalue weighted by atomic mass is 10.3. The number of aromatic nitrogens is 3. The predicted molar refractivity (Wildman–Crippen MR) is 75.3 cm³/mol. The van der Waals surface area contributed by atoms with Crippen LogP contribution in [0.1, 0.15) is 30.1 Å². The number of anilines is 2. The molecule has 0 atom stereocenters. The maximum absolute atomic E-state index is 5.46. The molecule has 0 unspecified atom stereocenters. The first-order chi connectivity index (χ1) is 8.72. The molecular weight excluding hydrogens is 266 g/mol. The topological polar surface area (TPSA) is 76.7 Å². The van der Waals surface area contributed by atoms with E-state index in [0.29, 0.717) is 17.4 Å². The summed E-state index contributed by atoms with van der Waals surface area (Å²) >= 11 is 6.40. The average Bonchev–Trinajstić information content (AvgIpc) is 3.11. The summed E-state index contributed by atoms with van der Waals surface area (Å²) in [5, 5.41) is 6.06. The van der Waals surface area contributed by atoms with Gasteiger partial charge in [-0.1, -0.05) is 12.2 Å². The fourth-order valence-corrected chi connectivity index (χ4v) is 2.44. The van der Waals surface area contributed by atoms with Gasteiger partial charge in [-0.3, -0.25) is 0 Å². The summed E-state index contributed by atoms with van der Waals surface area (Å²) in [6.45, 7) is 0. The van der Waals surface area contributed by atoms with Crippen LogP contribution in [0.2, 0.25) is 0 Å². The number of rotatable bonds is 4. The van der Waals surface area contributed by atoms with Gasteiger partial charge in [0.2, 0.25) is 0 Å². The van der Waals surface area contributed by atoms with Crippen molar-refractivity contribution < 1.29 is 0 Å². The van der Waals surface area contributed by atoms with Gasteiger partial charge < -0.3 is 11.1 Å². The number of thiocarbonyl (C=S) groups is 1. The zero-order valence-electron chi connectivity index (χ0n) is 9.46. The third-order valence-corrected chi connectivity index (χ3v) is 3.64. The van der Waals surface area contributed by atoms with Crippen LogP contribution < -0.4 is 11.1 Å². The van der Waals surface area contributed by atoms with E-state index >= 15 is 0 Å². The first-order valence-corrected chi connectivity index (χ1v) is 6.85. The molecule has 2 aromatic rings. The van der Waals surface area contributed by atoms with Crippen molar-refractivity contribution >= 4 is 39.5 Å². The molecule has 0 aliphatic heterocycles. The molecule has 0 saturated heterocycles. The molecule has 1 fully saturated rings. The maximum Gasteiger partial charge on any atom is 0.188 e. The molecule has 2 heterocycles. The Labute approximate surface area is 113 Å². The van der Waals surface area contributed by atoms with Crippen molar-refractivity contribution in [2.45, 2.75) is 18.8 Å². The quantitative estimate of drug-likeness (QED) is 0.834. The lowest BCUT2D eigenvalue weighted by Gasteiger charge is -2.01. The zero-order chi connectivity index (χ0) is 12.5. The van der Waals surface area contributed by atoms with Gasteiger partial charge in [-0.05, 0) is 12.8 Å². The van der Waals surface area contributed by atoms with Gasteiger partial charge in [0.05, 0.1) is 18.1 Å². The molecular formula is C11H11N5S2. The second kappa shape index (κ2) is 4.58. The second-order valence-electron chi connectivity index (χ2n) is 4.13. The largest absolute Gasteiger partial charge is 0.388 e. The molecule has 5 nitrogen and oxygen atoms in total. The van der Waals surface area contributed by atoms with E-state index in [0.717, 1.165) is 5.13 Å². The highest BCUT2D eigenvalue weighted by molar-refractivity contribution is 7.80. The molecule has 3 N–H and O–H groups in total. The number of hydrogen-bond donors (Lipinski definition) is 2. The Hall–Kier alpha value is -1.60. The second-order valence-corrected chi connectivity index (χ2v) is 5.43. The third kappa shape index (κ3) is 2.46. The molecule has 92 valence electrons. The van der Waals surface area contributed by atoms with Gasteiger partial charge in [-0.15, -0.1) is 11.3 Å². The van der Waals surface area contributed by atoms with Gasteiger partial charge in [0.15, 0.2) is 10.9 Å². The van der Waals surface area contributed by atoms with Crippen molar-refractivity contribution in [3.05, 3.63) is 29.2 Å². The monoisotopic (exact) mass is 277 g/mol. The molecule has 18 heavy (non-hydrogen) atoms. The highest BCUT2D eigenvalue weighted by Crippen LogP contribution is 2.41. The van der Waals surface area contributed by atoms with Crippen LogP contribution in [0.5, 0.6) is 0 Å². The minimum atomic E-state index is 0.249. The van der Waals surface area contributed by atoms with E-state index in [1.54, 1.807) is 23.7 Å². The van der Waals surface area contributed by atoms with Gasteiger partial charge in [0.1, 0.15) is 10.7 Å². The van der Waals surface area contributed by atoms with Crippen LogP contribution in [0, 0.1) is 0 Å². The molecule has 1 aliphatic rings. The van der Waals surface area contributed by atoms with Crippen LogP contribution in [0.3, 0.4) is 0 Å². The Balaban J connectivity index is 1.72. The van der Waals surface area contributed by atoms with Crippen molar-refractivity contribution in [2.24, 2.45) is 5.73 Å². The Morgan fingerprint density at radius 2 is 2.22 bits per heavy atom. The minimum absolute atomic E-state index is 0.249. The van der Waals surface area contributed by atoms with E-state index in [-0.39, 0.29) is 4.99 Å². The Morgan fingerprint density at radius 3 is 2.83 bits per heavy atom. The molecule has 3 rings (SSSR count). The van der Waals surface area contributed by atoms with Gasteiger partial charge in [-0.2, -0.15) is 0 Å². The van der Waals surface area contributed by atoms with Gasteiger partial charge >= 0.3 is 0 Å². The standard InChI is InChI=1S/C11H11N5S2/c12-10(17)7-3-14-9(4-13-7)16-11-15-8(5-18-11)6-1-2-6/h3-6H,1-2H2,(H2,12,17)(H,14,15,16). The zero-order valence-corrected chi connectivity index (χ0v) is 11.1. The molecule has 7 heteroatoms. The molecule has 0 amide bonds. The van der Waals surface area contributed by atoms with Crippen molar-refractivity contribution in [2.75, 3.05) is 5.32 Å². The van der Waals surface area contributed by atoms with Crippen molar-refractivity contribution in [3.63, 3.8) is 0 Å². The fourth-order valence-electron chi connectivity index (χ4n) is 1.54. The van der Waals surface area contributed by atoms with Gasteiger partial charge in [0, 0.05) is 11.3 Å². The fraction of sp³-hybridized carbons (Fsp3) is 0.273. The number of nitrogens with one attached hydrogen (secondary N) is 1. The SMILES string of the molecule is NC(=S)c1cnc(Nc2nc(C3CC3)cs2)cn1. The summed E-state index contributed by atoms with van der Waals surface area (Å²) < 4.78 is 0. The van der Waals surface area contributed by atoms with E-state index in [1.165, 1.54) is 18.5 Å². The summed E-state index contributed by atoms with van der Waals surface area (Å²) in [5.41, 5.74) is 7.16. The molecule has 0 spiro atoms. The number of nitrogens with zero attached hydrogens (tertiary/aromatic N) is 3. The number of nitrogens with two attached hydrogens (primary N) is 1. The van der Waals surface area contributed by atoms with Crippen molar-refractivity contribution in [1.82, 2.24) is 15.0 Å². The number of thiazole rings is 1. The Morgan fingerprint density at radius 1 is 1.39 bits per heavy atom. The van der Waals surface area contributed by atoms with E-state index < -0.39 is 0 Å². The summed E-state index contributed by atoms with van der Waals surface area (Å²) in [4.78, 5) is 13.1. The van der Waals surface area contributed by atoms with Crippen LogP contribution in [-0.2, 0) is 0 Å². The Kier molecular flexibility index (Phi) is 2.92. The first-order valence-electron chi connectivity index (χ1n) is 5.56. The highest BCUT2D eigenvalue weighted by atomic mass is 32.1. The molecule has 1 saturated carbocycles. The van der Waals surface area contributed by atoms with Crippen molar-refractivity contribution in [3.8, 4) is 0 Å².